The van der Waals surface area contributed by atoms with Gasteiger partial charge < -0.3 is 10.2 Å². The molecule has 0 saturated carbocycles. The monoisotopic (exact) mass is 342 g/mol. The number of nitrogens with one attached hydrogen (secondary N) is 1. The van der Waals surface area contributed by atoms with Crippen LogP contribution in [0.5, 0.6) is 0 Å². The number of nitrogens with zero attached hydrogens (tertiary/aromatic N) is 3. The van der Waals surface area contributed by atoms with Crippen LogP contribution in [-0.4, -0.2) is 34.7 Å². The summed E-state index contributed by atoms with van der Waals surface area (Å²) in [5, 5.41) is 3.57. The fourth-order valence-corrected chi connectivity index (χ4v) is 3.57. The van der Waals surface area contributed by atoms with Crippen LogP contribution in [0.3, 0.4) is 0 Å². The molecule has 6 heteroatoms. The molecule has 1 aliphatic heterocycles. The standard InChI is InChI=1S/C18H22N4OS/c1-13-11-14(2)20-18(19-13)24-12-17(23)21-15-5-7-16(8-6-15)22-9-3-4-10-22/h5-8,11H,3-4,9-10,12H2,1-2H3,(H,21,23). The lowest BCUT2D eigenvalue weighted by atomic mass is 10.2. The summed E-state index contributed by atoms with van der Waals surface area (Å²) in [5.74, 6) is 0.258. The van der Waals surface area contributed by atoms with Crippen LogP contribution >= 0.6 is 11.8 Å². The van der Waals surface area contributed by atoms with Gasteiger partial charge in [0.05, 0.1) is 5.75 Å². The minimum Gasteiger partial charge on any atom is -0.372 e. The lowest BCUT2D eigenvalue weighted by molar-refractivity contribution is -0.113. The lowest BCUT2D eigenvalue weighted by Crippen LogP contribution is -2.18. The molecular weight excluding hydrogens is 320 g/mol. The van der Waals surface area contributed by atoms with Crippen LogP contribution in [-0.2, 0) is 4.79 Å². The van der Waals surface area contributed by atoms with Crippen molar-refractivity contribution in [1.29, 1.82) is 0 Å². The Bertz CT molecular complexity index is 691. The zero-order valence-electron chi connectivity index (χ0n) is 14.1. The van der Waals surface area contributed by atoms with Gasteiger partial charge in [0.1, 0.15) is 0 Å². The van der Waals surface area contributed by atoms with Crippen molar-refractivity contribution in [1.82, 2.24) is 9.97 Å². The largest absolute Gasteiger partial charge is 0.372 e. The van der Waals surface area contributed by atoms with Crippen LogP contribution in [0.25, 0.3) is 0 Å². The zero-order valence-corrected chi connectivity index (χ0v) is 14.9. The third kappa shape index (κ3) is 4.47. The van der Waals surface area contributed by atoms with E-state index in [2.05, 4.69) is 32.3 Å². The van der Waals surface area contributed by atoms with Crippen LogP contribution in [0.4, 0.5) is 11.4 Å². The van der Waals surface area contributed by atoms with Gasteiger partial charge in [-0.15, -0.1) is 0 Å². The molecule has 5 nitrogen and oxygen atoms in total. The third-order valence-electron chi connectivity index (χ3n) is 3.92. The Morgan fingerprint density at radius 3 is 2.38 bits per heavy atom. The number of amides is 1. The molecule has 1 aromatic carbocycles. The number of hydrogen-bond acceptors (Lipinski definition) is 5. The van der Waals surface area contributed by atoms with Crippen molar-refractivity contribution in [2.75, 3.05) is 29.1 Å². The van der Waals surface area contributed by atoms with Gasteiger partial charge in [0.25, 0.3) is 0 Å². The normalized spacial score (nSPS) is 14.0. The maximum Gasteiger partial charge on any atom is 0.234 e. The van der Waals surface area contributed by atoms with Crippen molar-refractivity contribution >= 4 is 29.0 Å². The fourth-order valence-electron chi connectivity index (χ4n) is 2.82. The second-order valence-corrected chi connectivity index (χ2v) is 6.95. The molecule has 3 rings (SSSR count). The van der Waals surface area contributed by atoms with E-state index < -0.39 is 0 Å². The van der Waals surface area contributed by atoms with E-state index in [1.54, 1.807) is 0 Å². The van der Waals surface area contributed by atoms with E-state index in [9.17, 15) is 4.79 Å². The molecule has 24 heavy (non-hydrogen) atoms. The van der Waals surface area contributed by atoms with Gasteiger partial charge in [-0.25, -0.2) is 9.97 Å². The SMILES string of the molecule is Cc1cc(C)nc(SCC(=O)Nc2ccc(N3CCCC3)cc2)n1. The number of aromatic nitrogens is 2. The van der Waals surface area contributed by atoms with Crippen molar-refractivity contribution in [2.24, 2.45) is 0 Å². The maximum atomic E-state index is 12.1. The van der Waals surface area contributed by atoms with Crippen molar-refractivity contribution in [3.8, 4) is 0 Å². The molecule has 1 N–H and O–H groups in total. The molecule has 2 heterocycles. The number of aryl methyl sites for hydroxylation is 2. The van der Waals surface area contributed by atoms with Crippen LogP contribution in [0.2, 0.25) is 0 Å². The van der Waals surface area contributed by atoms with E-state index in [1.807, 2.05) is 32.0 Å². The molecule has 1 aliphatic rings. The van der Waals surface area contributed by atoms with Gasteiger partial charge in [0.2, 0.25) is 5.91 Å². The summed E-state index contributed by atoms with van der Waals surface area (Å²) in [7, 11) is 0. The summed E-state index contributed by atoms with van der Waals surface area (Å²) in [5.41, 5.74) is 3.89. The molecule has 0 spiro atoms. The second-order valence-electron chi connectivity index (χ2n) is 6.01. The van der Waals surface area contributed by atoms with Gasteiger partial charge in [0.15, 0.2) is 5.16 Å². The van der Waals surface area contributed by atoms with Gasteiger partial charge in [-0.1, -0.05) is 11.8 Å². The molecule has 1 aromatic heterocycles. The van der Waals surface area contributed by atoms with E-state index >= 15 is 0 Å². The minimum absolute atomic E-state index is 0.0447. The molecule has 1 saturated heterocycles. The fraction of sp³-hybridized carbons (Fsp3) is 0.389. The highest BCUT2D eigenvalue weighted by molar-refractivity contribution is 7.99. The molecule has 1 amide bonds. The average molecular weight is 342 g/mol. The maximum absolute atomic E-state index is 12.1. The second kappa shape index (κ2) is 7.66. The van der Waals surface area contributed by atoms with Crippen molar-refractivity contribution < 1.29 is 4.79 Å². The van der Waals surface area contributed by atoms with Crippen molar-refractivity contribution in [3.63, 3.8) is 0 Å². The van der Waals surface area contributed by atoms with Gasteiger partial charge in [-0.05, 0) is 57.0 Å². The Morgan fingerprint density at radius 2 is 1.75 bits per heavy atom. The van der Waals surface area contributed by atoms with Crippen molar-refractivity contribution in [2.45, 2.75) is 31.8 Å². The van der Waals surface area contributed by atoms with Crippen LogP contribution in [0, 0.1) is 13.8 Å². The van der Waals surface area contributed by atoms with Crippen LogP contribution < -0.4 is 10.2 Å². The number of benzene rings is 1. The van der Waals surface area contributed by atoms with E-state index in [0.717, 1.165) is 30.2 Å². The van der Waals surface area contributed by atoms with Crippen LogP contribution in [0.1, 0.15) is 24.2 Å². The number of anilines is 2. The quantitative estimate of drug-likeness (QED) is 0.666. The minimum atomic E-state index is -0.0447. The Morgan fingerprint density at radius 1 is 1.12 bits per heavy atom. The summed E-state index contributed by atoms with van der Waals surface area (Å²) in [4.78, 5) is 23.1. The van der Waals surface area contributed by atoms with E-state index in [-0.39, 0.29) is 5.91 Å². The zero-order chi connectivity index (χ0) is 16.9. The Labute approximate surface area is 146 Å². The number of thioether (sulfide) groups is 1. The van der Waals surface area contributed by atoms with Gasteiger partial charge in [0, 0.05) is 35.9 Å². The van der Waals surface area contributed by atoms with E-state index in [4.69, 9.17) is 0 Å². The highest BCUT2D eigenvalue weighted by atomic mass is 32.2. The summed E-state index contributed by atoms with van der Waals surface area (Å²) in [6.07, 6.45) is 2.52. The predicted octanol–water partition coefficient (Wildman–Crippen LogP) is 3.42. The lowest BCUT2D eigenvalue weighted by Gasteiger charge is -2.17. The molecule has 1 fully saturated rings. The van der Waals surface area contributed by atoms with Crippen LogP contribution in [0.15, 0.2) is 35.5 Å². The molecule has 126 valence electrons. The summed E-state index contributed by atoms with van der Waals surface area (Å²) in [6, 6.07) is 9.99. The first-order valence-electron chi connectivity index (χ1n) is 8.20. The van der Waals surface area contributed by atoms with Gasteiger partial charge in [-0.2, -0.15) is 0 Å². The third-order valence-corrected chi connectivity index (χ3v) is 4.76. The molecule has 0 aliphatic carbocycles. The number of carbonyl (C=O) groups excluding carboxylic acids is 1. The summed E-state index contributed by atoms with van der Waals surface area (Å²) >= 11 is 1.36. The van der Waals surface area contributed by atoms with Gasteiger partial charge >= 0.3 is 0 Å². The Kier molecular flexibility index (Phi) is 5.35. The highest BCUT2D eigenvalue weighted by Gasteiger charge is 2.12. The molecule has 0 radical (unpaired) electrons. The summed E-state index contributed by atoms with van der Waals surface area (Å²) in [6.45, 7) is 6.11. The smallest absolute Gasteiger partial charge is 0.234 e. The summed E-state index contributed by atoms with van der Waals surface area (Å²) < 4.78 is 0. The Hall–Kier alpha value is -2.08. The average Bonchev–Trinajstić information content (AvgIpc) is 3.07. The first-order chi connectivity index (χ1) is 11.6. The van der Waals surface area contributed by atoms with Crippen molar-refractivity contribution in [3.05, 3.63) is 41.7 Å². The number of carbonyl (C=O) groups is 1. The Balaban J connectivity index is 1.52. The molecule has 0 atom stereocenters. The highest BCUT2D eigenvalue weighted by Crippen LogP contribution is 2.22. The molecular formula is C18H22N4OS. The van der Waals surface area contributed by atoms with Gasteiger partial charge in [-0.3, -0.25) is 4.79 Å². The molecule has 0 bridgehead atoms. The number of hydrogen-bond donors (Lipinski definition) is 1. The molecule has 2 aromatic rings. The number of rotatable bonds is 5. The topological polar surface area (TPSA) is 58.1 Å². The predicted molar refractivity (Wildman–Crippen MR) is 98.7 cm³/mol. The van der Waals surface area contributed by atoms with E-state index in [1.165, 1.54) is 30.3 Å². The first-order valence-corrected chi connectivity index (χ1v) is 9.19. The van der Waals surface area contributed by atoms with E-state index in [0.29, 0.717) is 10.9 Å². The molecule has 0 unspecified atom stereocenters. The first kappa shape index (κ1) is 16.8.